The van der Waals surface area contributed by atoms with E-state index in [2.05, 4.69) is 51.6 Å². The van der Waals surface area contributed by atoms with E-state index in [4.69, 9.17) is 0 Å². The van der Waals surface area contributed by atoms with Gasteiger partial charge in [0.2, 0.25) is 0 Å². The summed E-state index contributed by atoms with van der Waals surface area (Å²) in [5, 5.41) is 0. The molecular weight excluding hydrogens is 200 g/mol. The van der Waals surface area contributed by atoms with Gasteiger partial charge in [-0.05, 0) is 47.6 Å². The maximum Gasteiger partial charge on any atom is -0.00690 e. The van der Waals surface area contributed by atoms with Gasteiger partial charge in [-0.25, -0.2) is 0 Å². The summed E-state index contributed by atoms with van der Waals surface area (Å²) in [5.74, 6) is 1.64. The number of rotatable bonds is 5. The second kappa shape index (κ2) is 6.22. The van der Waals surface area contributed by atoms with E-state index in [-0.39, 0.29) is 0 Å². The highest BCUT2D eigenvalue weighted by Gasteiger charge is 2.06. The lowest BCUT2D eigenvalue weighted by molar-refractivity contribution is 0.655. The minimum atomic E-state index is 0.672. The lowest BCUT2D eigenvalue weighted by Crippen LogP contribution is -2.04. The van der Waals surface area contributed by atoms with Crippen molar-refractivity contribution in [3.05, 3.63) is 34.9 Å². The van der Waals surface area contributed by atoms with Gasteiger partial charge in [0.15, 0.2) is 0 Å². The summed E-state index contributed by atoms with van der Waals surface area (Å²) in [6.07, 6.45) is 3.44. The fraction of sp³-hybridized carbons (Fsp3) is 0.571. The molecule has 0 aliphatic carbocycles. The Hall–Kier alpha value is -0.430. The van der Waals surface area contributed by atoms with Gasteiger partial charge in [-0.15, -0.1) is 0 Å². The normalized spacial score (nSPS) is 12.8. The van der Waals surface area contributed by atoms with Crippen molar-refractivity contribution in [3.8, 4) is 0 Å². The molecule has 0 aromatic heterocycles. The first kappa shape index (κ1) is 12.6. The van der Waals surface area contributed by atoms with E-state index in [0.29, 0.717) is 5.92 Å². The van der Waals surface area contributed by atoms with Crippen LogP contribution in [0.4, 0.5) is 0 Å². The fourth-order valence-electron chi connectivity index (χ4n) is 1.87. The Morgan fingerprint density at radius 3 is 2.40 bits per heavy atom. The molecule has 84 valence electrons. The molecule has 1 rings (SSSR count). The smallest absolute Gasteiger partial charge is 0.00690 e. The molecule has 1 aromatic carbocycles. The SMILES string of the molecule is CCc1ccc(CC)c(CC(C)CS)c1. The molecule has 0 radical (unpaired) electrons. The molecule has 15 heavy (non-hydrogen) atoms. The summed E-state index contributed by atoms with van der Waals surface area (Å²) >= 11 is 4.36. The third kappa shape index (κ3) is 3.57. The molecule has 0 saturated carbocycles. The third-order valence-electron chi connectivity index (χ3n) is 2.94. The predicted molar refractivity (Wildman–Crippen MR) is 71.9 cm³/mol. The van der Waals surface area contributed by atoms with Crippen LogP contribution in [-0.4, -0.2) is 5.75 Å². The molecule has 1 atom stereocenters. The van der Waals surface area contributed by atoms with Crippen LogP contribution in [-0.2, 0) is 19.3 Å². The van der Waals surface area contributed by atoms with Crippen LogP contribution in [0.25, 0.3) is 0 Å². The second-order valence-electron chi connectivity index (χ2n) is 4.30. The second-order valence-corrected chi connectivity index (χ2v) is 4.67. The summed E-state index contributed by atoms with van der Waals surface area (Å²) < 4.78 is 0. The molecule has 1 heteroatoms. The van der Waals surface area contributed by atoms with Crippen molar-refractivity contribution in [2.75, 3.05) is 5.75 Å². The molecule has 0 fully saturated rings. The zero-order valence-electron chi connectivity index (χ0n) is 10.1. The monoisotopic (exact) mass is 222 g/mol. The van der Waals surface area contributed by atoms with Gasteiger partial charge in [-0.3, -0.25) is 0 Å². The van der Waals surface area contributed by atoms with E-state index in [1.165, 1.54) is 23.1 Å². The van der Waals surface area contributed by atoms with Crippen LogP contribution in [0.15, 0.2) is 18.2 Å². The van der Waals surface area contributed by atoms with E-state index >= 15 is 0 Å². The van der Waals surface area contributed by atoms with Gasteiger partial charge in [-0.1, -0.05) is 39.0 Å². The maximum atomic E-state index is 4.36. The fourth-order valence-corrected chi connectivity index (χ4v) is 2.00. The first-order chi connectivity index (χ1) is 7.21. The van der Waals surface area contributed by atoms with E-state index in [1.807, 2.05) is 0 Å². The summed E-state index contributed by atoms with van der Waals surface area (Å²) in [6.45, 7) is 6.72. The van der Waals surface area contributed by atoms with Crippen molar-refractivity contribution < 1.29 is 0 Å². The van der Waals surface area contributed by atoms with Crippen LogP contribution in [0.5, 0.6) is 0 Å². The van der Waals surface area contributed by atoms with Gasteiger partial charge >= 0.3 is 0 Å². The number of hydrogen-bond donors (Lipinski definition) is 1. The minimum absolute atomic E-state index is 0.672. The Morgan fingerprint density at radius 1 is 1.13 bits per heavy atom. The van der Waals surface area contributed by atoms with Crippen molar-refractivity contribution >= 4 is 12.6 Å². The van der Waals surface area contributed by atoms with Crippen molar-refractivity contribution in [1.29, 1.82) is 0 Å². The largest absolute Gasteiger partial charge is 0.179 e. The van der Waals surface area contributed by atoms with Crippen LogP contribution >= 0.6 is 12.6 Å². The number of hydrogen-bond acceptors (Lipinski definition) is 1. The van der Waals surface area contributed by atoms with Crippen molar-refractivity contribution in [3.63, 3.8) is 0 Å². The summed E-state index contributed by atoms with van der Waals surface area (Å²) in [5.41, 5.74) is 4.48. The molecule has 1 aromatic rings. The van der Waals surface area contributed by atoms with Crippen LogP contribution < -0.4 is 0 Å². The Bertz CT molecular complexity index is 304. The van der Waals surface area contributed by atoms with Crippen LogP contribution in [0, 0.1) is 5.92 Å². The third-order valence-corrected chi connectivity index (χ3v) is 3.56. The predicted octanol–water partition coefficient (Wildman–Crippen LogP) is 3.92. The van der Waals surface area contributed by atoms with Crippen LogP contribution in [0.1, 0.15) is 37.5 Å². The lowest BCUT2D eigenvalue weighted by Gasteiger charge is -2.13. The Labute approximate surface area is 99.5 Å². The average molecular weight is 222 g/mol. The zero-order chi connectivity index (χ0) is 11.3. The highest BCUT2D eigenvalue weighted by atomic mass is 32.1. The van der Waals surface area contributed by atoms with E-state index in [1.54, 1.807) is 0 Å². The summed E-state index contributed by atoms with van der Waals surface area (Å²) in [6, 6.07) is 6.92. The molecule has 0 amide bonds. The van der Waals surface area contributed by atoms with Crippen molar-refractivity contribution in [2.24, 2.45) is 5.92 Å². The van der Waals surface area contributed by atoms with Crippen LogP contribution in [0.2, 0.25) is 0 Å². The van der Waals surface area contributed by atoms with Gasteiger partial charge < -0.3 is 0 Å². The zero-order valence-corrected chi connectivity index (χ0v) is 11.0. The lowest BCUT2D eigenvalue weighted by atomic mass is 9.94. The highest BCUT2D eigenvalue weighted by molar-refractivity contribution is 7.80. The minimum Gasteiger partial charge on any atom is -0.179 e. The maximum absolute atomic E-state index is 4.36. The van der Waals surface area contributed by atoms with E-state index in [9.17, 15) is 0 Å². The molecule has 0 nitrogen and oxygen atoms in total. The van der Waals surface area contributed by atoms with Crippen LogP contribution in [0.3, 0.4) is 0 Å². The molecular formula is C14H22S. The van der Waals surface area contributed by atoms with Gasteiger partial charge in [0.05, 0.1) is 0 Å². The molecule has 0 saturated heterocycles. The molecule has 1 unspecified atom stereocenters. The Kier molecular flexibility index (Phi) is 5.24. The number of aryl methyl sites for hydroxylation is 2. The Balaban J connectivity index is 2.90. The van der Waals surface area contributed by atoms with Crippen molar-refractivity contribution in [1.82, 2.24) is 0 Å². The number of benzene rings is 1. The van der Waals surface area contributed by atoms with Gasteiger partial charge in [0.1, 0.15) is 0 Å². The van der Waals surface area contributed by atoms with E-state index < -0.39 is 0 Å². The first-order valence-corrected chi connectivity index (χ1v) is 6.56. The molecule has 0 aliphatic rings. The first-order valence-electron chi connectivity index (χ1n) is 5.92. The average Bonchev–Trinajstić information content (AvgIpc) is 2.28. The summed E-state index contributed by atoms with van der Waals surface area (Å²) in [4.78, 5) is 0. The summed E-state index contributed by atoms with van der Waals surface area (Å²) in [7, 11) is 0. The topological polar surface area (TPSA) is 0 Å². The Morgan fingerprint density at radius 2 is 1.87 bits per heavy atom. The van der Waals surface area contributed by atoms with E-state index in [0.717, 1.165) is 18.6 Å². The molecule has 0 aliphatic heterocycles. The quantitative estimate of drug-likeness (QED) is 0.717. The standard InChI is InChI=1S/C14H22S/c1-4-12-6-7-13(5-2)14(9-12)8-11(3)10-15/h6-7,9,11,15H,4-5,8,10H2,1-3H3. The van der Waals surface area contributed by atoms with Gasteiger partial charge in [-0.2, -0.15) is 12.6 Å². The molecule has 0 N–H and O–H groups in total. The molecule has 0 heterocycles. The van der Waals surface area contributed by atoms with Gasteiger partial charge in [0.25, 0.3) is 0 Å². The number of thiol groups is 1. The highest BCUT2D eigenvalue weighted by Crippen LogP contribution is 2.18. The molecule has 0 bridgehead atoms. The van der Waals surface area contributed by atoms with Crippen molar-refractivity contribution in [2.45, 2.75) is 40.0 Å². The van der Waals surface area contributed by atoms with Gasteiger partial charge in [0, 0.05) is 0 Å². The molecule has 0 spiro atoms.